The van der Waals surface area contributed by atoms with Crippen LogP contribution in [0.15, 0.2) is 35.6 Å². The van der Waals surface area contributed by atoms with Gasteiger partial charge in [0.25, 0.3) is 10.0 Å². The highest BCUT2D eigenvalue weighted by Crippen LogP contribution is 2.15. The number of rotatable bonds is 3. The number of anilines is 2. The van der Waals surface area contributed by atoms with Gasteiger partial charge in [0.1, 0.15) is 10.7 Å². The fraction of sp³-hybridized carbons (Fsp3) is 0.100. The van der Waals surface area contributed by atoms with Crippen molar-refractivity contribution in [2.45, 2.75) is 11.8 Å². The number of pyridine rings is 1. The Morgan fingerprint density at radius 1 is 1.22 bits per heavy atom. The monoisotopic (exact) mass is 265 g/mol. The lowest BCUT2D eigenvalue weighted by molar-refractivity contribution is 0.600. The molecule has 0 atom stereocenters. The largest absolute Gasteiger partial charge is 0.368 e. The quantitative estimate of drug-likeness (QED) is 0.839. The first-order valence-electron chi connectivity index (χ1n) is 5.01. The average Bonchev–Trinajstić information content (AvgIpc) is 2.32. The van der Waals surface area contributed by atoms with Gasteiger partial charge in [-0.1, -0.05) is 6.07 Å². The van der Waals surface area contributed by atoms with Crippen molar-refractivity contribution in [2.24, 2.45) is 0 Å². The molecule has 7 nitrogen and oxygen atoms in total. The number of aryl methyl sites for hydroxylation is 1. The molecule has 0 radical (unpaired) electrons. The maximum absolute atomic E-state index is 12.0. The molecule has 3 N–H and O–H groups in total. The van der Waals surface area contributed by atoms with Crippen LogP contribution in [0.5, 0.6) is 0 Å². The summed E-state index contributed by atoms with van der Waals surface area (Å²) >= 11 is 0. The first kappa shape index (κ1) is 12.2. The molecule has 0 aliphatic carbocycles. The summed E-state index contributed by atoms with van der Waals surface area (Å²) in [6, 6.07) is 3.48. The molecule has 0 bridgehead atoms. The molecule has 0 aliphatic heterocycles. The van der Waals surface area contributed by atoms with E-state index in [9.17, 15) is 8.42 Å². The zero-order chi connectivity index (χ0) is 13.2. The van der Waals surface area contributed by atoms with Crippen LogP contribution in [0.4, 0.5) is 11.8 Å². The van der Waals surface area contributed by atoms with E-state index in [4.69, 9.17) is 5.73 Å². The lowest BCUT2D eigenvalue weighted by Crippen LogP contribution is -2.15. The van der Waals surface area contributed by atoms with Gasteiger partial charge in [-0.3, -0.25) is 4.72 Å². The van der Waals surface area contributed by atoms with Crippen molar-refractivity contribution in [1.29, 1.82) is 0 Å². The summed E-state index contributed by atoms with van der Waals surface area (Å²) < 4.78 is 26.3. The van der Waals surface area contributed by atoms with Crippen molar-refractivity contribution in [2.75, 3.05) is 10.5 Å². The Balaban J connectivity index is 2.33. The van der Waals surface area contributed by atoms with Crippen LogP contribution in [-0.2, 0) is 10.0 Å². The van der Waals surface area contributed by atoms with Crippen molar-refractivity contribution in [1.82, 2.24) is 15.0 Å². The van der Waals surface area contributed by atoms with Gasteiger partial charge in [-0.05, 0) is 18.6 Å². The van der Waals surface area contributed by atoms with Crippen LogP contribution in [0.1, 0.15) is 5.56 Å². The lowest BCUT2D eigenvalue weighted by Gasteiger charge is -2.08. The number of nitrogens with two attached hydrogens (primary N) is 1. The van der Waals surface area contributed by atoms with Gasteiger partial charge in [-0.2, -0.15) is 0 Å². The molecule has 0 saturated carbocycles. The summed E-state index contributed by atoms with van der Waals surface area (Å²) in [6.07, 6.45) is 3.79. The van der Waals surface area contributed by atoms with E-state index in [0.29, 0.717) is 0 Å². The second-order valence-electron chi connectivity index (χ2n) is 3.55. The molecule has 2 aromatic rings. The summed E-state index contributed by atoms with van der Waals surface area (Å²) in [7, 11) is -3.75. The minimum atomic E-state index is -3.75. The van der Waals surface area contributed by atoms with Crippen LogP contribution < -0.4 is 10.5 Å². The Labute approximate surface area is 104 Å². The predicted octanol–water partition coefficient (Wildman–Crippen LogP) is 0.563. The normalized spacial score (nSPS) is 11.2. The maximum Gasteiger partial charge on any atom is 0.266 e. The number of hydrogen-bond acceptors (Lipinski definition) is 6. The fourth-order valence-electron chi connectivity index (χ4n) is 1.24. The van der Waals surface area contributed by atoms with Crippen LogP contribution in [0.2, 0.25) is 0 Å². The fourth-order valence-corrected chi connectivity index (χ4v) is 2.21. The minimum Gasteiger partial charge on any atom is -0.368 e. The van der Waals surface area contributed by atoms with E-state index in [1.807, 2.05) is 0 Å². The molecule has 2 heterocycles. The van der Waals surface area contributed by atoms with Crippen molar-refractivity contribution in [3.63, 3.8) is 0 Å². The molecule has 0 unspecified atom stereocenters. The van der Waals surface area contributed by atoms with E-state index in [2.05, 4.69) is 19.7 Å². The third kappa shape index (κ3) is 2.54. The van der Waals surface area contributed by atoms with Crippen molar-refractivity contribution in [3.8, 4) is 0 Å². The van der Waals surface area contributed by atoms with E-state index in [1.165, 1.54) is 6.20 Å². The molecule has 94 valence electrons. The van der Waals surface area contributed by atoms with Gasteiger partial charge < -0.3 is 5.73 Å². The van der Waals surface area contributed by atoms with Gasteiger partial charge in [0.05, 0.1) is 12.4 Å². The topological polar surface area (TPSA) is 111 Å². The second-order valence-corrected chi connectivity index (χ2v) is 5.23. The van der Waals surface area contributed by atoms with Crippen molar-refractivity contribution >= 4 is 21.8 Å². The van der Waals surface area contributed by atoms with Gasteiger partial charge in [-0.15, -0.1) is 0 Å². The Bertz CT molecular complexity index is 654. The van der Waals surface area contributed by atoms with Crippen molar-refractivity contribution in [3.05, 3.63) is 36.3 Å². The Morgan fingerprint density at radius 2 is 1.89 bits per heavy atom. The SMILES string of the molecule is Cc1cccnc1NS(=O)(=O)c1cnc(N)nc1. The number of nitrogen functional groups attached to an aromatic ring is 1. The van der Waals surface area contributed by atoms with E-state index in [-0.39, 0.29) is 16.7 Å². The molecule has 0 fully saturated rings. The number of nitrogens with one attached hydrogen (secondary N) is 1. The molecular weight excluding hydrogens is 254 g/mol. The van der Waals surface area contributed by atoms with Gasteiger partial charge in [0.2, 0.25) is 5.95 Å². The molecule has 0 amide bonds. The van der Waals surface area contributed by atoms with Crippen LogP contribution in [0.25, 0.3) is 0 Å². The Hall–Kier alpha value is -2.22. The second kappa shape index (κ2) is 4.57. The maximum atomic E-state index is 12.0. The summed E-state index contributed by atoms with van der Waals surface area (Å²) in [5, 5.41) is 0. The molecule has 2 aromatic heterocycles. The summed E-state index contributed by atoms with van der Waals surface area (Å²) in [5.74, 6) is 0.289. The van der Waals surface area contributed by atoms with Crippen LogP contribution in [0, 0.1) is 6.92 Å². The highest BCUT2D eigenvalue weighted by molar-refractivity contribution is 7.92. The Morgan fingerprint density at radius 3 is 2.50 bits per heavy atom. The van der Waals surface area contributed by atoms with Crippen LogP contribution >= 0.6 is 0 Å². The third-order valence-corrected chi connectivity index (χ3v) is 3.49. The molecule has 0 spiro atoms. The summed E-state index contributed by atoms with van der Waals surface area (Å²) in [6.45, 7) is 1.75. The van der Waals surface area contributed by atoms with E-state index >= 15 is 0 Å². The predicted molar refractivity (Wildman–Crippen MR) is 66.2 cm³/mol. The Kier molecular flexibility index (Phi) is 3.11. The first-order valence-corrected chi connectivity index (χ1v) is 6.49. The number of hydrogen-bond donors (Lipinski definition) is 2. The molecule has 0 aliphatic rings. The molecule has 0 saturated heterocycles. The van der Waals surface area contributed by atoms with E-state index in [0.717, 1.165) is 18.0 Å². The first-order chi connectivity index (χ1) is 8.49. The third-order valence-electron chi connectivity index (χ3n) is 2.20. The smallest absolute Gasteiger partial charge is 0.266 e. The lowest BCUT2D eigenvalue weighted by atomic mass is 10.3. The van der Waals surface area contributed by atoms with E-state index in [1.54, 1.807) is 19.1 Å². The van der Waals surface area contributed by atoms with Gasteiger partial charge in [0, 0.05) is 6.20 Å². The zero-order valence-electron chi connectivity index (χ0n) is 9.53. The minimum absolute atomic E-state index is 0.0166. The van der Waals surface area contributed by atoms with Crippen LogP contribution in [0.3, 0.4) is 0 Å². The zero-order valence-corrected chi connectivity index (χ0v) is 10.3. The van der Waals surface area contributed by atoms with Crippen molar-refractivity contribution < 1.29 is 8.42 Å². The van der Waals surface area contributed by atoms with Gasteiger partial charge in [0.15, 0.2) is 0 Å². The standard InChI is InChI=1S/C10H11N5O2S/c1-7-3-2-4-12-9(7)15-18(16,17)8-5-13-10(11)14-6-8/h2-6H,1H3,(H,12,15)(H2,11,13,14). The average molecular weight is 265 g/mol. The van der Waals surface area contributed by atoms with Gasteiger partial charge in [-0.25, -0.2) is 23.4 Å². The number of sulfonamides is 1. The van der Waals surface area contributed by atoms with E-state index < -0.39 is 10.0 Å². The summed E-state index contributed by atoms with van der Waals surface area (Å²) in [5.41, 5.74) is 6.02. The highest BCUT2D eigenvalue weighted by Gasteiger charge is 2.16. The summed E-state index contributed by atoms with van der Waals surface area (Å²) in [4.78, 5) is 11.2. The number of nitrogens with zero attached hydrogens (tertiary/aromatic N) is 3. The van der Waals surface area contributed by atoms with Crippen LogP contribution in [-0.4, -0.2) is 23.4 Å². The molecule has 0 aromatic carbocycles. The van der Waals surface area contributed by atoms with Gasteiger partial charge >= 0.3 is 0 Å². The molecule has 2 rings (SSSR count). The number of aromatic nitrogens is 3. The molecule has 18 heavy (non-hydrogen) atoms. The molecular formula is C10H11N5O2S. The highest BCUT2D eigenvalue weighted by atomic mass is 32.2. The molecule has 8 heteroatoms.